The molecular weight excluding hydrogens is 380 g/mol. The fourth-order valence-electron chi connectivity index (χ4n) is 2.98. The first-order chi connectivity index (χ1) is 13.4. The molecule has 3 amide bonds. The second-order valence-corrected chi connectivity index (χ2v) is 6.93. The van der Waals surface area contributed by atoms with Crippen LogP contribution in [0.2, 0.25) is 5.02 Å². The molecule has 0 atom stereocenters. The van der Waals surface area contributed by atoms with Gasteiger partial charge in [-0.15, -0.1) is 0 Å². The van der Waals surface area contributed by atoms with E-state index >= 15 is 0 Å². The standard InChI is InChI=1S/C20H21ClN4O3/c1-2-24-9-10-25(20(28)19(24)27)12-13-3-5-14(6-4-13)18(26)23-17-11-15(21)7-8-16(17)22/h3-8,11H,2,9-10,12,22H2,1H3,(H,23,26). The second kappa shape index (κ2) is 8.31. The number of carbonyl (C=O) groups is 3. The first kappa shape index (κ1) is 19.7. The van der Waals surface area contributed by atoms with Gasteiger partial charge in [0.1, 0.15) is 0 Å². The molecule has 0 spiro atoms. The van der Waals surface area contributed by atoms with Gasteiger partial charge in [0.05, 0.1) is 11.4 Å². The van der Waals surface area contributed by atoms with Crippen molar-refractivity contribution >= 4 is 40.7 Å². The molecule has 2 aromatic carbocycles. The third kappa shape index (κ3) is 4.26. The normalized spacial score (nSPS) is 14.4. The lowest BCUT2D eigenvalue weighted by Gasteiger charge is -2.33. The summed E-state index contributed by atoms with van der Waals surface area (Å²) in [6, 6.07) is 11.7. The van der Waals surface area contributed by atoms with E-state index in [1.54, 1.807) is 42.5 Å². The van der Waals surface area contributed by atoms with Gasteiger partial charge in [0.15, 0.2) is 0 Å². The van der Waals surface area contributed by atoms with Crippen LogP contribution in [0.5, 0.6) is 0 Å². The number of anilines is 2. The number of benzene rings is 2. The van der Waals surface area contributed by atoms with Crippen molar-refractivity contribution in [3.05, 3.63) is 58.6 Å². The molecule has 1 aliphatic heterocycles. The predicted molar refractivity (Wildman–Crippen MR) is 108 cm³/mol. The Hall–Kier alpha value is -3.06. The maximum Gasteiger partial charge on any atom is 0.312 e. The summed E-state index contributed by atoms with van der Waals surface area (Å²) in [6.07, 6.45) is 0. The van der Waals surface area contributed by atoms with Crippen LogP contribution in [-0.2, 0) is 16.1 Å². The molecule has 8 heteroatoms. The third-order valence-corrected chi connectivity index (χ3v) is 4.87. The molecule has 0 aliphatic carbocycles. The Morgan fingerprint density at radius 2 is 1.71 bits per heavy atom. The summed E-state index contributed by atoms with van der Waals surface area (Å²) >= 11 is 5.93. The van der Waals surface area contributed by atoms with E-state index in [4.69, 9.17) is 17.3 Å². The Balaban J connectivity index is 1.65. The number of nitrogens with two attached hydrogens (primary N) is 1. The zero-order valence-electron chi connectivity index (χ0n) is 15.4. The molecule has 1 heterocycles. The van der Waals surface area contributed by atoms with Crippen LogP contribution in [0.15, 0.2) is 42.5 Å². The zero-order valence-corrected chi connectivity index (χ0v) is 16.2. The van der Waals surface area contributed by atoms with Gasteiger partial charge in [0, 0.05) is 36.8 Å². The third-order valence-electron chi connectivity index (χ3n) is 4.63. The number of halogens is 1. The smallest absolute Gasteiger partial charge is 0.312 e. The quantitative estimate of drug-likeness (QED) is 0.595. The SMILES string of the molecule is CCN1CCN(Cc2ccc(C(=O)Nc3cc(Cl)ccc3N)cc2)C(=O)C1=O. The Morgan fingerprint density at radius 1 is 1.07 bits per heavy atom. The molecular formula is C20H21ClN4O3. The van der Waals surface area contributed by atoms with Crippen molar-refractivity contribution in [2.75, 3.05) is 30.7 Å². The van der Waals surface area contributed by atoms with Crippen LogP contribution in [0.1, 0.15) is 22.8 Å². The number of nitrogens with zero attached hydrogens (tertiary/aromatic N) is 2. The fraction of sp³-hybridized carbons (Fsp3) is 0.250. The van der Waals surface area contributed by atoms with E-state index in [0.29, 0.717) is 48.1 Å². The molecule has 2 aromatic rings. The maximum atomic E-state index is 12.4. The molecule has 1 aliphatic rings. The van der Waals surface area contributed by atoms with Crippen molar-refractivity contribution in [1.29, 1.82) is 0 Å². The van der Waals surface area contributed by atoms with Gasteiger partial charge in [-0.25, -0.2) is 0 Å². The Bertz CT molecular complexity index is 914. The van der Waals surface area contributed by atoms with E-state index in [9.17, 15) is 14.4 Å². The summed E-state index contributed by atoms with van der Waals surface area (Å²) in [7, 11) is 0. The fourth-order valence-corrected chi connectivity index (χ4v) is 3.15. The minimum absolute atomic E-state index is 0.316. The minimum atomic E-state index is -0.494. The first-order valence-electron chi connectivity index (χ1n) is 8.92. The molecule has 0 unspecified atom stereocenters. The highest BCUT2D eigenvalue weighted by Gasteiger charge is 2.31. The number of hydrogen-bond acceptors (Lipinski definition) is 4. The number of rotatable bonds is 5. The Labute approximate surface area is 168 Å². The maximum absolute atomic E-state index is 12.4. The van der Waals surface area contributed by atoms with Crippen molar-refractivity contribution < 1.29 is 14.4 Å². The van der Waals surface area contributed by atoms with E-state index in [2.05, 4.69) is 5.32 Å². The highest BCUT2D eigenvalue weighted by molar-refractivity contribution is 6.35. The monoisotopic (exact) mass is 400 g/mol. The Morgan fingerprint density at radius 3 is 2.39 bits per heavy atom. The zero-order chi connectivity index (χ0) is 20.3. The van der Waals surface area contributed by atoms with Crippen molar-refractivity contribution in [2.24, 2.45) is 0 Å². The van der Waals surface area contributed by atoms with Crippen LogP contribution in [0.25, 0.3) is 0 Å². The summed E-state index contributed by atoms with van der Waals surface area (Å²) in [6.45, 7) is 3.73. The predicted octanol–water partition coefficient (Wildman–Crippen LogP) is 2.37. The molecule has 0 radical (unpaired) electrons. The van der Waals surface area contributed by atoms with E-state index < -0.39 is 11.8 Å². The van der Waals surface area contributed by atoms with Crippen LogP contribution in [0, 0.1) is 0 Å². The summed E-state index contributed by atoms with van der Waals surface area (Å²) < 4.78 is 0. The largest absolute Gasteiger partial charge is 0.397 e. The number of piperazine rings is 1. The molecule has 146 valence electrons. The van der Waals surface area contributed by atoms with Crippen LogP contribution >= 0.6 is 11.6 Å². The van der Waals surface area contributed by atoms with Crippen LogP contribution in [0.4, 0.5) is 11.4 Å². The second-order valence-electron chi connectivity index (χ2n) is 6.49. The van der Waals surface area contributed by atoms with E-state index in [-0.39, 0.29) is 5.91 Å². The van der Waals surface area contributed by atoms with Gasteiger partial charge in [0.2, 0.25) is 0 Å². The Kier molecular flexibility index (Phi) is 5.84. The van der Waals surface area contributed by atoms with Crippen molar-refractivity contribution in [3.63, 3.8) is 0 Å². The molecule has 28 heavy (non-hydrogen) atoms. The van der Waals surface area contributed by atoms with Gasteiger partial charge in [-0.3, -0.25) is 14.4 Å². The summed E-state index contributed by atoms with van der Waals surface area (Å²) in [5.74, 6) is -1.28. The minimum Gasteiger partial charge on any atom is -0.397 e. The molecule has 3 N–H and O–H groups in total. The van der Waals surface area contributed by atoms with Crippen LogP contribution in [-0.4, -0.2) is 47.2 Å². The van der Waals surface area contributed by atoms with E-state index in [0.717, 1.165) is 5.56 Å². The number of amides is 3. The number of nitrogens with one attached hydrogen (secondary N) is 1. The van der Waals surface area contributed by atoms with Crippen molar-refractivity contribution in [1.82, 2.24) is 9.80 Å². The highest BCUT2D eigenvalue weighted by Crippen LogP contribution is 2.23. The van der Waals surface area contributed by atoms with Gasteiger partial charge >= 0.3 is 11.8 Å². The molecule has 3 rings (SSSR count). The average molecular weight is 401 g/mol. The molecule has 1 fully saturated rings. The average Bonchev–Trinajstić information content (AvgIpc) is 2.69. The van der Waals surface area contributed by atoms with Gasteiger partial charge in [-0.2, -0.15) is 0 Å². The molecule has 1 saturated heterocycles. The van der Waals surface area contributed by atoms with Crippen molar-refractivity contribution in [3.8, 4) is 0 Å². The summed E-state index contributed by atoms with van der Waals surface area (Å²) in [4.78, 5) is 39.7. The topological polar surface area (TPSA) is 95.7 Å². The summed E-state index contributed by atoms with van der Waals surface area (Å²) in [5.41, 5.74) is 7.99. The van der Waals surface area contributed by atoms with Gasteiger partial charge < -0.3 is 20.9 Å². The number of nitrogen functional groups attached to an aromatic ring is 1. The van der Waals surface area contributed by atoms with E-state index in [1.165, 1.54) is 9.80 Å². The first-order valence-corrected chi connectivity index (χ1v) is 9.30. The molecule has 0 saturated carbocycles. The molecule has 0 aromatic heterocycles. The molecule has 7 nitrogen and oxygen atoms in total. The number of likely N-dealkylation sites (N-methyl/N-ethyl adjacent to an activating group) is 1. The van der Waals surface area contributed by atoms with E-state index in [1.807, 2.05) is 6.92 Å². The van der Waals surface area contributed by atoms with Crippen LogP contribution in [0.3, 0.4) is 0 Å². The highest BCUT2D eigenvalue weighted by atomic mass is 35.5. The summed E-state index contributed by atoms with van der Waals surface area (Å²) in [5, 5.41) is 3.20. The van der Waals surface area contributed by atoms with Gasteiger partial charge in [-0.1, -0.05) is 23.7 Å². The molecule has 0 bridgehead atoms. The lowest BCUT2D eigenvalue weighted by atomic mass is 10.1. The van der Waals surface area contributed by atoms with Crippen LogP contribution < -0.4 is 11.1 Å². The van der Waals surface area contributed by atoms with Gasteiger partial charge in [-0.05, 0) is 42.8 Å². The lowest BCUT2D eigenvalue weighted by Crippen LogP contribution is -2.53. The number of carbonyl (C=O) groups excluding carboxylic acids is 3. The van der Waals surface area contributed by atoms with Gasteiger partial charge in [0.25, 0.3) is 5.91 Å². The number of hydrogen-bond donors (Lipinski definition) is 2. The lowest BCUT2D eigenvalue weighted by molar-refractivity contribution is -0.156. The van der Waals surface area contributed by atoms with Crippen molar-refractivity contribution in [2.45, 2.75) is 13.5 Å².